The lowest BCUT2D eigenvalue weighted by atomic mass is 10.0. The van der Waals surface area contributed by atoms with Gasteiger partial charge in [0.1, 0.15) is 0 Å². The number of nitrogens with zero attached hydrogens (tertiary/aromatic N) is 5. The van der Waals surface area contributed by atoms with Gasteiger partial charge in [0.15, 0.2) is 11.7 Å². The molecule has 0 aliphatic rings. The number of likely N-dealkylation sites (N-methyl/N-ethyl adjacent to an activating group) is 2. The smallest absolute Gasteiger partial charge is 0.253 e. The van der Waals surface area contributed by atoms with Crippen LogP contribution in [-0.2, 0) is 13.0 Å². The molecule has 4 aromatic rings. The Balaban J connectivity index is 1.55. The molecule has 0 saturated heterocycles. The average Bonchev–Trinajstić information content (AvgIpc) is 3.33. The summed E-state index contributed by atoms with van der Waals surface area (Å²) in [6.45, 7) is 12.5. The van der Waals surface area contributed by atoms with Crippen LogP contribution in [0.25, 0.3) is 21.9 Å². The highest BCUT2D eigenvalue weighted by atomic mass is 16.4. The van der Waals surface area contributed by atoms with Crippen molar-refractivity contribution in [3.63, 3.8) is 0 Å². The summed E-state index contributed by atoms with van der Waals surface area (Å²) >= 11 is 0. The van der Waals surface area contributed by atoms with Gasteiger partial charge >= 0.3 is 0 Å². The third-order valence-corrected chi connectivity index (χ3v) is 6.15. The Morgan fingerprint density at radius 3 is 2.64 bits per heavy atom. The van der Waals surface area contributed by atoms with Crippen molar-refractivity contribution in [2.75, 3.05) is 34.2 Å². The Kier molecular flexibility index (Phi) is 7.79. The van der Waals surface area contributed by atoms with Crippen LogP contribution in [-0.4, -0.2) is 53.6 Å². The lowest BCUT2D eigenvalue weighted by molar-refractivity contribution is 0.276. The van der Waals surface area contributed by atoms with E-state index >= 15 is 0 Å². The van der Waals surface area contributed by atoms with E-state index in [1.165, 1.54) is 27.3 Å². The van der Waals surface area contributed by atoms with Gasteiger partial charge in [-0.25, -0.2) is 9.83 Å². The van der Waals surface area contributed by atoms with Crippen molar-refractivity contribution in [1.82, 2.24) is 19.4 Å². The van der Waals surface area contributed by atoms with E-state index in [4.69, 9.17) is 11.0 Å². The average molecular weight is 482 g/mol. The normalized spacial score (nSPS) is 11.2. The van der Waals surface area contributed by atoms with Crippen molar-refractivity contribution >= 4 is 5.69 Å². The first-order valence-corrected chi connectivity index (χ1v) is 11.9. The molecule has 0 aliphatic heterocycles. The Morgan fingerprint density at radius 2 is 1.89 bits per heavy atom. The highest BCUT2D eigenvalue weighted by Crippen LogP contribution is 2.30. The van der Waals surface area contributed by atoms with E-state index in [2.05, 4.69) is 65.9 Å². The number of hydrogen-bond donors (Lipinski definition) is 0. The number of oxazole rings is 1. The molecule has 7 nitrogen and oxygen atoms in total. The van der Waals surface area contributed by atoms with Gasteiger partial charge in [-0.05, 0) is 56.9 Å². The zero-order valence-electron chi connectivity index (χ0n) is 21.2. The lowest BCUT2D eigenvalue weighted by Crippen LogP contribution is -2.28. The SMILES string of the molecule is [C-]#[N+]c1ccc(-c2cnc(Cc3cc(CN(C)CCN(C)C)ccc3C)o2)cc1-n1ccccc1=O. The summed E-state index contributed by atoms with van der Waals surface area (Å²) < 4.78 is 7.59. The molecule has 7 heteroatoms. The van der Waals surface area contributed by atoms with Crippen LogP contribution in [0.2, 0.25) is 0 Å². The first-order valence-electron chi connectivity index (χ1n) is 11.9. The molecular weight excluding hydrogens is 450 g/mol. The van der Waals surface area contributed by atoms with Crippen molar-refractivity contribution in [3.05, 3.63) is 111 Å². The second-order valence-corrected chi connectivity index (χ2v) is 9.32. The van der Waals surface area contributed by atoms with Gasteiger partial charge in [-0.2, -0.15) is 0 Å². The van der Waals surface area contributed by atoms with Gasteiger partial charge in [0, 0.05) is 43.9 Å². The van der Waals surface area contributed by atoms with Gasteiger partial charge in [0.25, 0.3) is 5.56 Å². The molecule has 2 aromatic carbocycles. The van der Waals surface area contributed by atoms with Gasteiger partial charge < -0.3 is 14.2 Å². The molecule has 0 unspecified atom stereocenters. The highest BCUT2D eigenvalue weighted by molar-refractivity contribution is 5.71. The molecular formula is C29H31N5O2. The molecule has 0 spiro atoms. The predicted molar refractivity (Wildman–Crippen MR) is 143 cm³/mol. The van der Waals surface area contributed by atoms with Crippen molar-refractivity contribution in [2.45, 2.75) is 19.9 Å². The van der Waals surface area contributed by atoms with Crippen LogP contribution in [0.3, 0.4) is 0 Å². The van der Waals surface area contributed by atoms with Crippen LogP contribution < -0.4 is 5.56 Å². The fourth-order valence-electron chi connectivity index (χ4n) is 4.05. The van der Waals surface area contributed by atoms with Gasteiger partial charge in [-0.1, -0.05) is 36.4 Å². The summed E-state index contributed by atoms with van der Waals surface area (Å²) in [7, 11) is 6.31. The minimum Gasteiger partial charge on any atom is -0.440 e. The molecule has 0 radical (unpaired) electrons. The molecule has 2 aromatic heterocycles. The van der Waals surface area contributed by atoms with E-state index in [-0.39, 0.29) is 5.56 Å². The maximum absolute atomic E-state index is 12.4. The van der Waals surface area contributed by atoms with Gasteiger partial charge in [-0.3, -0.25) is 9.36 Å². The summed E-state index contributed by atoms with van der Waals surface area (Å²) in [4.78, 5) is 25.0. The van der Waals surface area contributed by atoms with E-state index in [1.807, 2.05) is 6.07 Å². The van der Waals surface area contributed by atoms with E-state index in [0.717, 1.165) is 25.2 Å². The summed E-state index contributed by atoms with van der Waals surface area (Å²) in [6, 6.07) is 16.8. The Bertz CT molecular complexity index is 1440. The van der Waals surface area contributed by atoms with Crippen molar-refractivity contribution in [3.8, 4) is 17.0 Å². The fourth-order valence-corrected chi connectivity index (χ4v) is 4.05. The summed E-state index contributed by atoms with van der Waals surface area (Å²) in [5.74, 6) is 1.22. The minimum atomic E-state index is -0.194. The zero-order chi connectivity index (χ0) is 25.7. The van der Waals surface area contributed by atoms with E-state index in [9.17, 15) is 4.79 Å². The van der Waals surface area contributed by atoms with Crippen molar-refractivity contribution in [2.24, 2.45) is 0 Å². The van der Waals surface area contributed by atoms with Gasteiger partial charge in [0.05, 0.1) is 18.5 Å². The van der Waals surface area contributed by atoms with Gasteiger partial charge in [-0.15, -0.1) is 0 Å². The van der Waals surface area contributed by atoms with Crippen LogP contribution in [0.1, 0.15) is 22.6 Å². The number of benzene rings is 2. The Morgan fingerprint density at radius 1 is 1.06 bits per heavy atom. The van der Waals surface area contributed by atoms with E-state index < -0.39 is 0 Å². The predicted octanol–water partition coefficient (Wildman–Crippen LogP) is 4.94. The number of rotatable bonds is 9. The highest BCUT2D eigenvalue weighted by Gasteiger charge is 2.13. The molecule has 0 N–H and O–H groups in total. The molecule has 0 saturated carbocycles. The van der Waals surface area contributed by atoms with Crippen LogP contribution in [0.15, 0.2) is 76.2 Å². The molecule has 184 valence electrons. The number of hydrogen-bond acceptors (Lipinski definition) is 5. The topological polar surface area (TPSA) is 58.9 Å². The molecule has 4 rings (SSSR count). The minimum absolute atomic E-state index is 0.194. The molecule has 0 amide bonds. The maximum atomic E-state index is 12.4. The third-order valence-electron chi connectivity index (χ3n) is 6.15. The first kappa shape index (κ1) is 25.1. The largest absolute Gasteiger partial charge is 0.440 e. The Hall–Kier alpha value is -3.99. The van der Waals surface area contributed by atoms with Gasteiger partial charge in [0.2, 0.25) is 5.69 Å². The van der Waals surface area contributed by atoms with E-state index in [1.54, 1.807) is 36.7 Å². The van der Waals surface area contributed by atoms with Crippen LogP contribution in [0, 0.1) is 13.5 Å². The van der Waals surface area contributed by atoms with Crippen LogP contribution in [0.5, 0.6) is 0 Å². The lowest BCUT2D eigenvalue weighted by Gasteiger charge is -2.20. The van der Waals surface area contributed by atoms with Crippen molar-refractivity contribution in [1.29, 1.82) is 0 Å². The third kappa shape index (κ3) is 5.98. The molecule has 0 atom stereocenters. The maximum Gasteiger partial charge on any atom is 0.253 e. The van der Waals surface area contributed by atoms with Crippen molar-refractivity contribution < 1.29 is 4.42 Å². The molecule has 2 heterocycles. The molecule has 0 aliphatic carbocycles. The summed E-state index contributed by atoms with van der Waals surface area (Å²) in [5.41, 5.74) is 5.13. The van der Waals surface area contributed by atoms with Crippen LogP contribution in [0.4, 0.5) is 5.69 Å². The zero-order valence-corrected chi connectivity index (χ0v) is 21.2. The Labute approximate surface area is 212 Å². The first-order chi connectivity index (χ1) is 17.3. The molecule has 36 heavy (non-hydrogen) atoms. The molecule has 0 bridgehead atoms. The second kappa shape index (κ2) is 11.2. The number of aromatic nitrogens is 2. The monoisotopic (exact) mass is 481 g/mol. The number of aryl methyl sites for hydroxylation is 1. The van der Waals surface area contributed by atoms with E-state index in [0.29, 0.717) is 29.4 Å². The second-order valence-electron chi connectivity index (χ2n) is 9.32. The fraction of sp³-hybridized carbons (Fsp3) is 0.276. The molecule has 0 fully saturated rings. The summed E-state index contributed by atoms with van der Waals surface area (Å²) in [5, 5.41) is 0. The quantitative estimate of drug-likeness (QED) is 0.317. The summed E-state index contributed by atoms with van der Waals surface area (Å²) in [6.07, 6.45) is 3.95. The number of pyridine rings is 1. The van der Waals surface area contributed by atoms with Crippen LogP contribution >= 0.6 is 0 Å². The standard InChI is InChI=1S/C29H31N5O2/c1-21-9-10-22(20-33(5)15-14-32(3)4)16-24(21)18-28-31-19-27(36-28)23-11-12-25(30-2)26(17-23)34-13-7-6-8-29(34)35/h6-13,16-17,19H,14-15,18,20H2,1,3-5H3.